The molecule has 2 atom stereocenters. The SMILES string of the molecule is O=C(O)[C@H]1C[C@]1(c1ccc2ccccc2c1)C(F)(F)F. The van der Waals surface area contributed by atoms with E-state index in [0.717, 1.165) is 5.39 Å². The molecule has 0 saturated heterocycles. The van der Waals surface area contributed by atoms with Crippen molar-refractivity contribution in [3.8, 4) is 0 Å². The number of benzene rings is 2. The summed E-state index contributed by atoms with van der Waals surface area (Å²) in [6.07, 6.45) is -4.94. The summed E-state index contributed by atoms with van der Waals surface area (Å²) >= 11 is 0. The number of carboxylic acid groups (broad SMARTS) is 1. The predicted molar refractivity (Wildman–Crippen MR) is 67.4 cm³/mol. The number of alkyl halides is 3. The summed E-state index contributed by atoms with van der Waals surface area (Å²) in [5, 5.41) is 10.4. The minimum Gasteiger partial charge on any atom is -0.481 e. The number of aliphatic carboxylic acids is 1. The van der Waals surface area contributed by atoms with E-state index in [9.17, 15) is 18.0 Å². The van der Waals surface area contributed by atoms with E-state index < -0.39 is 23.5 Å². The molecule has 0 heterocycles. The molecule has 0 unspecified atom stereocenters. The second kappa shape index (κ2) is 3.98. The fourth-order valence-corrected chi connectivity index (χ4v) is 2.82. The Morgan fingerprint density at radius 1 is 1.15 bits per heavy atom. The van der Waals surface area contributed by atoms with Gasteiger partial charge in [0, 0.05) is 0 Å². The molecule has 104 valence electrons. The van der Waals surface area contributed by atoms with Gasteiger partial charge >= 0.3 is 12.1 Å². The van der Waals surface area contributed by atoms with E-state index in [1.165, 1.54) is 12.1 Å². The summed E-state index contributed by atoms with van der Waals surface area (Å²) in [5.74, 6) is -2.78. The maximum absolute atomic E-state index is 13.3. The fourth-order valence-electron chi connectivity index (χ4n) is 2.82. The number of rotatable bonds is 2. The summed E-state index contributed by atoms with van der Waals surface area (Å²) in [6.45, 7) is 0. The molecule has 20 heavy (non-hydrogen) atoms. The van der Waals surface area contributed by atoms with Crippen LogP contribution in [-0.4, -0.2) is 17.3 Å². The minimum atomic E-state index is -4.56. The topological polar surface area (TPSA) is 37.3 Å². The highest BCUT2D eigenvalue weighted by Crippen LogP contribution is 2.63. The van der Waals surface area contributed by atoms with Gasteiger partial charge in [-0.3, -0.25) is 4.79 Å². The first kappa shape index (κ1) is 13.0. The minimum absolute atomic E-state index is 0.0381. The van der Waals surface area contributed by atoms with Crippen LogP contribution in [0.4, 0.5) is 13.2 Å². The Morgan fingerprint density at radius 2 is 1.80 bits per heavy atom. The molecule has 1 saturated carbocycles. The van der Waals surface area contributed by atoms with Crippen molar-refractivity contribution in [1.29, 1.82) is 0 Å². The Hall–Kier alpha value is -2.04. The average Bonchev–Trinajstić information content (AvgIpc) is 3.14. The lowest BCUT2D eigenvalue weighted by Crippen LogP contribution is -2.32. The molecule has 0 aliphatic heterocycles. The monoisotopic (exact) mass is 280 g/mol. The van der Waals surface area contributed by atoms with Gasteiger partial charge in [0.2, 0.25) is 0 Å². The van der Waals surface area contributed by atoms with Crippen LogP contribution in [0.15, 0.2) is 42.5 Å². The Morgan fingerprint density at radius 3 is 2.35 bits per heavy atom. The van der Waals surface area contributed by atoms with E-state index >= 15 is 0 Å². The Kier molecular flexibility index (Phi) is 2.58. The molecule has 0 bridgehead atoms. The van der Waals surface area contributed by atoms with Gasteiger partial charge in [-0.2, -0.15) is 13.2 Å². The smallest absolute Gasteiger partial charge is 0.399 e. The number of hydrogen-bond acceptors (Lipinski definition) is 1. The lowest BCUT2D eigenvalue weighted by molar-refractivity contribution is -0.170. The molecular formula is C15H11F3O2. The number of fused-ring (bicyclic) bond motifs is 1. The summed E-state index contributed by atoms with van der Waals surface area (Å²) in [6, 6.07) is 11.5. The molecule has 5 heteroatoms. The second-order valence-electron chi connectivity index (χ2n) is 5.13. The second-order valence-corrected chi connectivity index (χ2v) is 5.13. The molecule has 0 amide bonds. The van der Waals surface area contributed by atoms with E-state index in [1.54, 1.807) is 30.3 Å². The van der Waals surface area contributed by atoms with E-state index in [-0.39, 0.29) is 12.0 Å². The van der Waals surface area contributed by atoms with Crippen LogP contribution in [0.5, 0.6) is 0 Å². The van der Waals surface area contributed by atoms with Gasteiger partial charge in [-0.1, -0.05) is 42.5 Å². The van der Waals surface area contributed by atoms with Crippen molar-refractivity contribution < 1.29 is 23.1 Å². The number of halogens is 3. The first-order valence-electron chi connectivity index (χ1n) is 6.15. The molecule has 2 aromatic carbocycles. The van der Waals surface area contributed by atoms with Crippen LogP contribution in [0, 0.1) is 5.92 Å². The highest BCUT2D eigenvalue weighted by molar-refractivity contribution is 5.85. The molecule has 3 rings (SSSR count). The van der Waals surface area contributed by atoms with Gasteiger partial charge < -0.3 is 5.11 Å². The van der Waals surface area contributed by atoms with Gasteiger partial charge in [-0.15, -0.1) is 0 Å². The predicted octanol–water partition coefficient (Wildman–Crippen LogP) is 3.74. The Bertz CT molecular complexity index is 693. The van der Waals surface area contributed by atoms with Gasteiger partial charge in [0.15, 0.2) is 0 Å². The first-order valence-corrected chi connectivity index (χ1v) is 6.15. The summed E-state index contributed by atoms with van der Waals surface area (Å²) < 4.78 is 40.0. The number of carbonyl (C=O) groups is 1. The third kappa shape index (κ3) is 1.69. The average molecular weight is 280 g/mol. The van der Waals surface area contributed by atoms with Crippen molar-refractivity contribution >= 4 is 16.7 Å². The van der Waals surface area contributed by atoms with Gasteiger partial charge in [0.05, 0.1) is 5.92 Å². The van der Waals surface area contributed by atoms with Crippen molar-refractivity contribution in [2.45, 2.75) is 18.0 Å². The molecule has 1 aliphatic carbocycles. The zero-order valence-corrected chi connectivity index (χ0v) is 10.3. The Labute approximate surface area is 112 Å². The van der Waals surface area contributed by atoms with Crippen molar-refractivity contribution in [1.82, 2.24) is 0 Å². The first-order chi connectivity index (χ1) is 9.36. The van der Waals surface area contributed by atoms with Gasteiger partial charge in [0.1, 0.15) is 5.41 Å². The van der Waals surface area contributed by atoms with E-state index in [2.05, 4.69) is 0 Å². The third-order valence-electron chi connectivity index (χ3n) is 4.03. The molecular weight excluding hydrogens is 269 g/mol. The zero-order valence-electron chi connectivity index (χ0n) is 10.3. The number of hydrogen-bond donors (Lipinski definition) is 1. The van der Waals surface area contributed by atoms with Crippen LogP contribution in [0.2, 0.25) is 0 Å². The normalized spacial score (nSPS) is 25.6. The highest BCUT2D eigenvalue weighted by Gasteiger charge is 2.74. The van der Waals surface area contributed by atoms with Crippen LogP contribution in [0.1, 0.15) is 12.0 Å². The van der Waals surface area contributed by atoms with Crippen LogP contribution < -0.4 is 0 Å². The summed E-state index contributed by atoms with van der Waals surface area (Å²) in [5.41, 5.74) is -2.20. The molecule has 2 aromatic rings. The van der Waals surface area contributed by atoms with E-state index in [4.69, 9.17) is 5.11 Å². The standard InChI is InChI=1S/C15H11F3O2/c16-15(17,18)14(8-12(14)13(19)20)11-6-5-9-3-1-2-4-10(9)7-11/h1-7,12H,8H2,(H,19,20)/t12-,14-/m1/s1. The molecule has 1 fully saturated rings. The quantitative estimate of drug-likeness (QED) is 0.909. The lowest BCUT2D eigenvalue weighted by atomic mass is 9.90. The molecule has 1 N–H and O–H groups in total. The largest absolute Gasteiger partial charge is 0.481 e. The van der Waals surface area contributed by atoms with E-state index in [0.29, 0.717) is 5.39 Å². The number of carboxylic acids is 1. The fraction of sp³-hybridized carbons (Fsp3) is 0.267. The molecule has 0 radical (unpaired) electrons. The van der Waals surface area contributed by atoms with Gasteiger partial charge in [-0.25, -0.2) is 0 Å². The van der Waals surface area contributed by atoms with E-state index in [1.807, 2.05) is 0 Å². The molecule has 2 nitrogen and oxygen atoms in total. The van der Waals surface area contributed by atoms with Crippen LogP contribution in [0.3, 0.4) is 0 Å². The zero-order chi connectivity index (χ0) is 14.5. The maximum Gasteiger partial charge on any atom is 0.399 e. The van der Waals surface area contributed by atoms with Crippen molar-refractivity contribution in [3.63, 3.8) is 0 Å². The van der Waals surface area contributed by atoms with Gasteiger partial charge in [0.25, 0.3) is 0 Å². The van der Waals surface area contributed by atoms with Crippen molar-refractivity contribution in [3.05, 3.63) is 48.0 Å². The van der Waals surface area contributed by atoms with Crippen molar-refractivity contribution in [2.24, 2.45) is 5.92 Å². The summed E-state index contributed by atoms with van der Waals surface area (Å²) in [7, 11) is 0. The van der Waals surface area contributed by atoms with Crippen molar-refractivity contribution in [2.75, 3.05) is 0 Å². The summed E-state index contributed by atoms with van der Waals surface area (Å²) in [4.78, 5) is 11.0. The van der Waals surface area contributed by atoms with Gasteiger partial charge in [-0.05, 0) is 22.8 Å². The lowest BCUT2D eigenvalue weighted by Gasteiger charge is -2.21. The third-order valence-corrected chi connectivity index (χ3v) is 4.03. The highest BCUT2D eigenvalue weighted by atomic mass is 19.4. The molecule has 0 spiro atoms. The maximum atomic E-state index is 13.3. The van der Waals surface area contributed by atoms with Crippen LogP contribution >= 0.6 is 0 Å². The van der Waals surface area contributed by atoms with Crippen LogP contribution in [0.25, 0.3) is 10.8 Å². The van der Waals surface area contributed by atoms with Crippen LogP contribution in [-0.2, 0) is 10.2 Å². The molecule has 0 aromatic heterocycles. The Balaban J connectivity index is 2.14. The molecule has 1 aliphatic rings.